The molecule has 0 atom stereocenters. The van der Waals surface area contributed by atoms with Gasteiger partial charge in [0, 0.05) is 23.7 Å². The highest BCUT2D eigenvalue weighted by Crippen LogP contribution is 2.28. The van der Waals surface area contributed by atoms with Crippen molar-refractivity contribution in [3.63, 3.8) is 0 Å². The summed E-state index contributed by atoms with van der Waals surface area (Å²) in [7, 11) is 3.09. The second-order valence-electron chi connectivity index (χ2n) is 5.94. The molecule has 1 heterocycles. The number of fused-ring (bicyclic) bond motifs is 1. The van der Waals surface area contributed by atoms with E-state index in [2.05, 4.69) is 5.32 Å². The number of nitrogens with one attached hydrogen (secondary N) is 1. The summed E-state index contributed by atoms with van der Waals surface area (Å²) in [6.45, 7) is 2.00. The van der Waals surface area contributed by atoms with Gasteiger partial charge in [-0.1, -0.05) is 11.6 Å². The number of carbonyl (C=O) groups is 1. The zero-order chi connectivity index (χ0) is 18.7. The van der Waals surface area contributed by atoms with Crippen molar-refractivity contribution >= 4 is 22.5 Å². The van der Waals surface area contributed by atoms with Gasteiger partial charge in [-0.2, -0.15) is 0 Å². The number of hydrogen-bond donors (Lipinski definition) is 1. The first kappa shape index (κ1) is 17.5. The molecule has 0 aliphatic heterocycles. The van der Waals surface area contributed by atoms with Crippen molar-refractivity contribution in [3.8, 4) is 11.5 Å². The number of benzene rings is 2. The molecule has 26 heavy (non-hydrogen) atoms. The molecule has 0 saturated carbocycles. The van der Waals surface area contributed by atoms with Crippen LogP contribution >= 0.6 is 0 Å². The van der Waals surface area contributed by atoms with Gasteiger partial charge in [0.25, 0.3) is 0 Å². The Bertz CT molecular complexity index is 1020. The Morgan fingerprint density at radius 2 is 1.88 bits per heavy atom. The van der Waals surface area contributed by atoms with E-state index in [0.29, 0.717) is 22.6 Å². The third-order valence-electron chi connectivity index (χ3n) is 4.13. The highest BCUT2D eigenvalue weighted by molar-refractivity contribution is 5.93. The van der Waals surface area contributed by atoms with Crippen LogP contribution in [0.4, 0.5) is 5.69 Å². The van der Waals surface area contributed by atoms with E-state index in [-0.39, 0.29) is 17.9 Å². The van der Waals surface area contributed by atoms with Crippen molar-refractivity contribution in [1.29, 1.82) is 0 Å². The van der Waals surface area contributed by atoms with Gasteiger partial charge in [0.2, 0.25) is 5.91 Å². The van der Waals surface area contributed by atoms with Crippen LogP contribution in [0.3, 0.4) is 0 Å². The number of pyridine rings is 1. The van der Waals surface area contributed by atoms with Crippen molar-refractivity contribution in [2.24, 2.45) is 0 Å². The fourth-order valence-corrected chi connectivity index (χ4v) is 2.82. The largest absolute Gasteiger partial charge is 0.497 e. The van der Waals surface area contributed by atoms with Crippen molar-refractivity contribution in [2.45, 2.75) is 13.5 Å². The number of ether oxygens (including phenoxy) is 2. The first-order valence-electron chi connectivity index (χ1n) is 8.13. The van der Waals surface area contributed by atoms with Crippen LogP contribution in [-0.2, 0) is 11.3 Å². The number of rotatable bonds is 5. The average Bonchev–Trinajstić information content (AvgIpc) is 2.64. The molecule has 0 bridgehead atoms. The lowest BCUT2D eigenvalue weighted by Gasteiger charge is -2.14. The molecule has 1 amide bonds. The van der Waals surface area contributed by atoms with Crippen LogP contribution < -0.4 is 20.2 Å². The third-order valence-corrected chi connectivity index (χ3v) is 4.13. The minimum Gasteiger partial charge on any atom is -0.497 e. The Morgan fingerprint density at radius 1 is 1.08 bits per heavy atom. The van der Waals surface area contributed by atoms with E-state index in [0.717, 1.165) is 11.1 Å². The minimum absolute atomic E-state index is 0.0603. The molecule has 3 rings (SSSR count). The summed E-state index contributed by atoms with van der Waals surface area (Å²) in [5.41, 5.74) is 2.18. The molecule has 1 aromatic heterocycles. The van der Waals surface area contributed by atoms with Gasteiger partial charge in [-0.15, -0.1) is 0 Å². The molecule has 0 radical (unpaired) electrons. The van der Waals surface area contributed by atoms with Gasteiger partial charge >= 0.3 is 0 Å². The molecule has 0 aliphatic carbocycles. The van der Waals surface area contributed by atoms with E-state index in [9.17, 15) is 9.59 Å². The first-order valence-corrected chi connectivity index (χ1v) is 8.13. The van der Waals surface area contributed by atoms with Gasteiger partial charge in [-0.3, -0.25) is 9.59 Å². The lowest BCUT2D eigenvalue weighted by atomic mass is 10.1. The highest BCUT2D eigenvalue weighted by Gasteiger charge is 2.11. The summed E-state index contributed by atoms with van der Waals surface area (Å²) >= 11 is 0. The molecule has 1 N–H and O–H groups in total. The number of carbonyl (C=O) groups excluding carboxylic acids is 1. The maximum atomic E-state index is 12.5. The highest BCUT2D eigenvalue weighted by atomic mass is 16.5. The van der Waals surface area contributed by atoms with Gasteiger partial charge in [-0.05, 0) is 31.2 Å². The Balaban J connectivity index is 1.89. The van der Waals surface area contributed by atoms with Crippen molar-refractivity contribution in [2.75, 3.05) is 19.5 Å². The molecule has 134 valence electrons. The summed E-state index contributed by atoms with van der Waals surface area (Å²) < 4.78 is 12.2. The molecule has 0 saturated heterocycles. The van der Waals surface area contributed by atoms with Crippen molar-refractivity contribution in [1.82, 2.24) is 4.57 Å². The minimum atomic E-state index is -0.234. The quantitative estimate of drug-likeness (QED) is 0.766. The molecular weight excluding hydrogens is 332 g/mol. The van der Waals surface area contributed by atoms with Crippen LogP contribution in [0.1, 0.15) is 5.56 Å². The number of nitrogens with zero attached hydrogens (tertiary/aromatic N) is 1. The fourth-order valence-electron chi connectivity index (χ4n) is 2.82. The summed E-state index contributed by atoms with van der Waals surface area (Å²) in [6.07, 6.45) is 1.63. The summed E-state index contributed by atoms with van der Waals surface area (Å²) in [5.74, 6) is 0.923. The number of anilines is 1. The van der Waals surface area contributed by atoms with Crippen LogP contribution in [0, 0.1) is 6.92 Å². The van der Waals surface area contributed by atoms with Gasteiger partial charge in [-0.25, -0.2) is 0 Å². The van der Waals surface area contributed by atoms with Crippen LogP contribution in [0.5, 0.6) is 11.5 Å². The number of hydrogen-bond acceptors (Lipinski definition) is 4. The SMILES string of the molecule is COc1ccc(OC)c(NC(=O)Cn2ccc(=O)c3cc(C)ccc32)c1. The lowest BCUT2D eigenvalue weighted by molar-refractivity contribution is -0.116. The average molecular weight is 352 g/mol. The Hall–Kier alpha value is -3.28. The van der Waals surface area contributed by atoms with E-state index < -0.39 is 0 Å². The summed E-state index contributed by atoms with van der Waals surface area (Å²) in [5, 5.41) is 3.43. The molecule has 3 aromatic rings. The lowest BCUT2D eigenvalue weighted by Crippen LogP contribution is -2.20. The second kappa shape index (κ2) is 7.31. The number of aromatic nitrogens is 1. The predicted octanol–water partition coefficient (Wildman–Crippen LogP) is 2.97. The van der Waals surface area contributed by atoms with Gasteiger partial charge in [0.15, 0.2) is 5.43 Å². The molecule has 6 nitrogen and oxygen atoms in total. The van der Waals surface area contributed by atoms with Gasteiger partial charge < -0.3 is 19.4 Å². The van der Waals surface area contributed by atoms with Crippen molar-refractivity contribution < 1.29 is 14.3 Å². The van der Waals surface area contributed by atoms with E-state index in [1.165, 1.54) is 13.2 Å². The Labute approximate surface area is 151 Å². The van der Waals surface area contributed by atoms with Gasteiger partial charge in [0.1, 0.15) is 18.0 Å². The molecule has 0 unspecified atom stereocenters. The van der Waals surface area contributed by atoms with E-state index in [4.69, 9.17) is 9.47 Å². The molecule has 0 fully saturated rings. The fraction of sp³-hybridized carbons (Fsp3) is 0.200. The normalized spacial score (nSPS) is 10.6. The second-order valence-corrected chi connectivity index (χ2v) is 5.94. The molecule has 0 spiro atoms. The molecular formula is C20H20N2O4. The van der Waals surface area contributed by atoms with E-state index in [1.807, 2.05) is 25.1 Å². The molecule has 0 aliphatic rings. The zero-order valence-corrected chi connectivity index (χ0v) is 14.9. The van der Waals surface area contributed by atoms with E-state index in [1.54, 1.807) is 36.1 Å². The number of aryl methyl sites for hydroxylation is 1. The van der Waals surface area contributed by atoms with Crippen LogP contribution in [0.25, 0.3) is 10.9 Å². The summed E-state index contributed by atoms with van der Waals surface area (Å²) in [4.78, 5) is 24.6. The van der Waals surface area contributed by atoms with Crippen LogP contribution in [0.15, 0.2) is 53.5 Å². The maximum Gasteiger partial charge on any atom is 0.244 e. The number of amides is 1. The zero-order valence-electron chi connectivity index (χ0n) is 14.9. The Kier molecular flexibility index (Phi) is 4.93. The van der Waals surface area contributed by atoms with Crippen LogP contribution in [0.2, 0.25) is 0 Å². The first-order chi connectivity index (χ1) is 12.5. The van der Waals surface area contributed by atoms with Gasteiger partial charge in [0.05, 0.1) is 25.4 Å². The predicted molar refractivity (Wildman–Crippen MR) is 101 cm³/mol. The summed E-state index contributed by atoms with van der Waals surface area (Å²) in [6, 6.07) is 12.3. The third kappa shape index (κ3) is 3.54. The number of methoxy groups -OCH3 is 2. The maximum absolute atomic E-state index is 12.5. The Morgan fingerprint density at radius 3 is 2.62 bits per heavy atom. The monoisotopic (exact) mass is 352 g/mol. The molecule has 6 heteroatoms. The van der Waals surface area contributed by atoms with Crippen molar-refractivity contribution in [3.05, 3.63) is 64.4 Å². The van der Waals surface area contributed by atoms with E-state index >= 15 is 0 Å². The molecule has 2 aromatic carbocycles. The van der Waals surface area contributed by atoms with Crippen LogP contribution in [-0.4, -0.2) is 24.7 Å². The smallest absolute Gasteiger partial charge is 0.244 e. The standard InChI is InChI=1S/C20H20N2O4/c1-13-4-6-17-15(10-13)18(23)8-9-22(17)12-20(24)21-16-11-14(25-2)5-7-19(16)26-3/h4-11H,12H2,1-3H3,(H,21,24). The topological polar surface area (TPSA) is 69.6 Å².